The molecular formula is C18H24O8. The van der Waals surface area contributed by atoms with Gasteiger partial charge in [0.15, 0.2) is 6.10 Å². The minimum atomic E-state index is -1.27. The summed E-state index contributed by atoms with van der Waals surface area (Å²) in [5.74, 6) is -2.78. The normalized spacial score (nSPS) is 27.4. The largest absolute Gasteiger partial charge is 0.478 e. The van der Waals surface area contributed by atoms with Crippen molar-refractivity contribution < 1.29 is 39.2 Å². The Morgan fingerprint density at radius 1 is 1.31 bits per heavy atom. The van der Waals surface area contributed by atoms with E-state index in [2.05, 4.69) is 0 Å². The number of ether oxygens (including phenoxy) is 2. The molecule has 0 saturated carbocycles. The lowest BCUT2D eigenvalue weighted by Gasteiger charge is -2.27. The van der Waals surface area contributed by atoms with Crippen LogP contribution in [-0.4, -0.2) is 57.6 Å². The van der Waals surface area contributed by atoms with Gasteiger partial charge in [-0.3, -0.25) is 0 Å². The second-order valence-electron chi connectivity index (χ2n) is 5.73. The first-order chi connectivity index (χ1) is 12.3. The molecule has 8 nitrogen and oxygen atoms in total. The van der Waals surface area contributed by atoms with Crippen molar-refractivity contribution in [3.8, 4) is 0 Å². The zero-order valence-corrected chi connectivity index (χ0v) is 14.5. The van der Waals surface area contributed by atoms with E-state index in [-0.39, 0.29) is 6.42 Å². The van der Waals surface area contributed by atoms with Crippen molar-refractivity contribution in [1.82, 2.24) is 0 Å². The van der Waals surface area contributed by atoms with Gasteiger partial charge in [-0.1, -0.05) is 37.6 Å². The van der Waals surface area contributed by atoms with Crippen LogP contribution in [0.25, 0.3) is 0 Å². The SMILES string of the molecule is CCCC1OC(=O)C(OC(=O)C=CC=CC(=O)O)CCC=CC(O)C1O. The fourth-order valence-electron chi connectivity index (χ4n) is 2.30. The quantitative estimate of drug-likeness (QED) is 0.273. The third-order valence-corrected chi connectivity index (χ3v) is 3.60. The van der Waals surface area contributed by atoms with Gasteiger partial charge in [-0.05, 0) is 19.3 Å². The minimum absolute atomic E-state index is 0.154. The summed E-state index contributed by atoms with van der Waals surface area (Å²) >= 11 is 0. The highest BCUT2D eigenvalue weighted by Gasteiger charge is 2.32. The molecule has 144 valence electrons. The van der Waals surface area contributed by atoms with Gasteiger partial charge in [0, 0.05) is 12.2 Å². The number of hydrogen-bond donors (Lipinski definition) is 3. The van der Waals surface area contributed by atoms with Crippen LogP contribution in [0.1, 0.15) is 32.6 Å². The Hall–Kier alpha value is -2.45. The highest BCUT2D eigenvalue weighted by Crippen LogP contribution is 2.17. The molecule has 0 amide bonds. The number of allylic oxidation sites excluding steroid dienone is 3. The summed E-state index contributed by atoms with van der Waals surface area (Å²) in [6.07, 6.45) is 4.12. The van der Waals surface area contributed by atoms with Crippen molar-refractivity contribution in [1.29, 1.82) is 0 Å². The first-order valence-electron chi connectivity index (χ1n) is 8.36. The predicted octanol–water partition coefficient (Wildman–Crippen LogP) is 0.879. The van der Waals surface area contributed by atoms with Gasteiger partial charge >= 0.3 is 17.9 Å². The molecule has 3 N–H and O–H groups in total. The second kappa shape index (κ2) is 11.2. The van der Waals surface area contributed by atoms with E-state index in [0.29, 0.717) is 19.3 Å². The number of carboxylic acids is 1. The molecule has 0 spiro atoms. The lowest BCUT2D eigenvalue weighted by Crippen LogP contribution is -2.42. The number of carbonyl (C=O) groups is 3. The molecule has 26 heavy (non-hydrogen) atoms. The standard InChI is InChI=1S/C18H24O8/c1-2-7-13-17(23)12(19)8-3-4-9-14(18(24)26-13)25-16(22)11-6-5-10-15(20)21/h3,5-6,8,10-14,17,19,23H,2,4,7,9H2,1H3,(H,20,21). The molecule has 1 rings (SSSR count). The van der Waals surface area contributed by atoms with E-state index < -0.39 is 42.3 Å². The van der Waals surface area contributed by atoms with Crippen LogP contribution in [0.4, 0.5) is 0 Å². The lowest BCUT2D eigenvalue weighted by molar-refractivity contribution is -0.176. The van der Waals surface area contributed by atoms with Gasteiger partial charge < -0.3 is 24.8 Å². The number of esters is 2. The number of hydrogen-bond acceptors (Lipinski definition) is 7. The Bertz CT molecular complexity index is 578. The van der Waals surface area contributed by atoms with Crippen LogP contribution >= 0.6 is 0 Å². The highest BCUT2D eigenvalue weighted by atomic mass is 16.6. The third-order valence-electron chi connectivity index (χ3n) is 3.60. The summed E-state index contributed by atoms with van der Waals surface area (Å²) < 4.78 is 10.3. The number of carboxylic acid groups (broad SMARTS) is 1. The molecule has 0 aromatic rings. The monoisotopic (exact) mass is 368 g/mol. The predicted molar refractivity (Wildman–Crippen MR) is 91.0 cm³/mol. The molecule has 0 saturated heterocycles. The summed E-state index contributed by atoms with van der Waals surface area (Å²) in [6, 6.07) is 0. The molecule has 1 aliphatic rings. The van der Waals surface area contributed by atoms with Crippen molar-refractivity contribution in [2.24, 2.45) is 0 Å². The summed E-state index contributed by atoms with van der Waals surface area (Å²) in [5, 5.41) is 28.4. The fraction of sp³-hybridized carbons (Fsp3) is 0.500. The number of carbonyl (C=O) groups excluding carboxylic acids is 2. The maximum atomic E-state index is 12.3. The third kappa shape index (κ3) is 7.62. The first-order valence-corrected chi connectivity index (χ1v) is 8.36. The molecule has 0 fully saturated rings. The van der Waals surface area contributed by atoms with E-state index in [9.17, 15) is 24.6 Å². The molecule has 1 aliphatic heterocycles. The smallest absolute Gasteiger partial charge is 0.347 e. The van der Waals surface area contributed by atoms with Gasteiger partial charge in [0.25, 0.3) is 0 Å². The first kappa shape index (κ1) is 21.6. The topological polar surface area (TPSA) is 130 Å². The number of aliphatic carboxylic acids is 1. The molecular weight excluding hydrogens is 344 g/mol. The average Bonchev–Trinajstić information content (AvgIpc) is 2.59. The molecule has 4 atom stereocenters. The second-order valence-corrected chi connectivity index (χ2v) is 5.73. The number of aliphatic hydroxyl groups is 2. The molecule has 0 aliphatic carbocycles. The molecule has 4 unspecified atom stereocenters. The van der Waals surface area contributed by atoms with Crippen LogP contribution in [0.15, 0.2) is 36.5 Å². The van der Waals surface area contributed by atoms with Crippen LogP contribution < -0.4 is 0 Å². The van der Waals surface area contributed by atoms with E-state index in [1.807, 2.05) is 6.92 Å². The Kier molecular flexibility index (Phi) is 9.32. The van der Waals surface area contributed by atoms with Crippen molar-refractivity contribution in [3.05, 3.63) is 36.5 Å². The summed E-state index contributed by atoms with van der Waals surface area (Å²) in [4.78, 5) is 34.4. The van der Waals surface area contributed by atoms with Crippen molar-refractivity contribution in [2.75, 3.05) is 0 Å². The minimum Gasteiger partial charge on any atom is -0.478 e. The highest BCUT2D eigenvalue weighted by molar-refractivity contribution is 5.86. The summed E-state index contributed by atoms with van der Waals surface area (Å²) in [6.45, 7) is 1.84. The Labute approximate surface area is 151 Å². The Balaban J connectivity index is 2.80. The van der Waals surface area contributed by atoms with E-state index in [4.69, 9.17) is 14.6 Å². The molecule has 0 bridgehead atoms. The van der Waals surface area contributed by atoms with E-state index in [0.717, 1.165) is 18.2 Å². The molecule has 0 aromatic heterocycles. The van der Waals surface area contributed by atoms with Gasteiger partial charge in [-0.15, -0.1) is 0 Å². The fourth-order valence-corrected chi connectivity index (χ4v) is 2.30. The zero-order chi connectivity index (χ0) is 19.5. The van der Waals surface area contributed by atoms with Crippen LogP contribution in [-0.2, 0) is 23.9 Å². The van der Waals surface area contributed by atoms with Gasteiger partial charge in [-0.2, -0.15) is 0 Å². The van der Waals surface area contributed by atoms with Gasteiger partial charge in [0.05, 0.1) is 0 Å². The number of cyclic esters (lactones) is 1. The van der Waals surface area contributed by atoms with Crippen LogP contribution in [0.3, 0.4) is 0 Å². The van der Waals surface area contributed by atoms with Crippen LogP contribution in [0, 0.1) is 0 Å². The maximum Gasteiger partial charge on any atom is 0.347 e. The van der Waals surface area contributed by atoms with Gasteiger partial charge in [0.1, 0.15) is 18.3 Å². The molecule has 0 aromatic carbocycles. The Morgan fingerprint density at radius 2 is 2.00 bits per heavy atom. The molecule has 1 heterocycles. The summed E-state index contributed by atoms with van der Waals surface area (Å²) in [7, 11) is 0. The van der Waals surface area contributed by atoms with Crippen molar-refractivity contribution in [2.45, 2.75) is 57.0 Å². The van der Waals surface area contributed by atoms with Gasteiger partial charge in [-0.25, -0.2) is 14.4 Å². The molecule has 8 heteroatoms. The molecule has 0 radical (unpaired) electrons. The van der Waals surface area contributed by atoms with Gasteiger partial charge in [0.2, 0.25) is 0 Å². The zero-order valence-electron chi connectivity index (χ0n) is 14.5. The number of rotatable bonds is 6. The van der Waals surface area contributed by atoms with E-state index >= 15 is 0 Å². The Morgan fingerprint density at radius 3 is 2.65 bits per heavy atom. The van der Waals surface area contributed by atoms with Crippen molar-refractivity contribution in [3.63, 3.8) is 0 Å². The maximum absolute atomic E-state index is 12.3. The van der Waals surface area contributed by atoms with Crippen LogP contribution in [0.2, 0.25) is 0 Å². The van der Waals surface area contributed by atoms with E-state index in [1.54, 1.807) is 6.08 Å². The van der Waals surface area contributed by atoms with Crippen LogP contribution in [0.5, 0.6) is 0 Å². The number of aliphatic hydroxyl groups excluding tert-OH is 2. The van der Waals surface area contributed by atoms with Crippen molar-refractivity contribution >= 4 is 17.9 Å². The summed E-state index contributed by atoms with van der Waals surface area (Å²) in [5.41, 5.74) is 0. The van der Waals surface area contributed by atoms with E-state index in [1.165, 1.54) is 12.2 Å². The average molecular weight is 368 g/mol. The lowest BCUT2D eigenvalue weighted by atomic mass is 10.0.